The number of carboxylic acid groups (broad SMARTS) is 1. The first kappa shape index (κ1) is 28.8. The Morgan fingerprint density at radius 2 is 1.95 bits per heavy atom. The zero-order valence-corrected chi connectivity index (χ0v) is 23.5. The van der Waals surface area contributed by atoms with Crippen molar-refractivity contribution < 1.29 is 19.0 Å². The van der Waals surface area contributed by atoms with E-state index < -0.39 is 40.6 Å². The van der Waals surface area contributed by atoms with Crippen molar-refractivity contribution in [2.24, 2.45) is 5.92 Å². The zero-order valence-electron chi connectivity index (χ0n) is 22.7. The van der Waals surface area contributed by atoms with E-state index in [0.29, 0.717) is 22.5 Å². The third kappa shape index (κ3) is 5.07. The second kappa shape index (κ2) is 11.1. The summed E-state index contributed by atoms with van der Waals surface area (Å²) in [5.74, 6) is -2.35. The molecule has 4 aromatic rings. The summed E-state index contributed by atoms with van der Waals surface area (Å²) in [5.41, 5.74) is -1.76. The quantitative estimate of drug-likeness (QED) is 0.306. The van der Waals surface area contributed by atoms with Crippen LogP contribution >= 0.6 is 11.3 Å². The SMILES string of the molecule is CCc1ccc(F)cc1[C@H](Cn1c(=O)n(C(C)(C)C(=O)O)c(=O)c2c(C)c(-n3nccn3)sc21)OCC(C)C#N. The van der Waals surface area contributed by atoms with Gasteiger partial charge in [0.15, 0.2) is 0 Å². The van der Waals surface area contributed by atoms with Crippen LogP contribution in [-0.2, 0) is 28.0 Å². The van der Waals surface area contributed by atoms with E-state index in [1.807, 2.05) is 6.92 Å². The third-order valence-corrected chi connectivity index (χ3v) is 8.10. The minimum absolute atomic E-state index is 0.00487. The maximum absolute atomic E-state index is 14.5. The Kier molecular flexibility index (Phi) is 8.04. The van der Waals surface area contributed by atoms with Crippen LogP contribution in [0, 0.1) is 30.0 Å². The van der Waals surface area contributed by atoms with Crippen LogP contribution in [0.25, 0.3) is 15.2 Å². The summed E-state index contributed by atoms with van der Waals surface area (Å²) in [4.78, 5) is 41.5. The van der Waals surface area contributed by atoms with Crippen molar-refractivity contribution >= 4 is 27.5 Å². The Morgan fingerprint density at radius 3 is 2.55 bits per heavy atom. The molecule has 13 heteroatoms. The molecule has 210 valence electrons. The highest BCUT2D eigenvalue weighted by molar-refractivity contribution is 7.21. The van der Waals surface area contributed by atoms with Gasteiger partial charge in [-0.2, -0.15) is 15.5 Å². The standard InChI is InChI=1S/C27H29FN6O5S/c1-6-17-7-8-18(28)11-19(17)20(39-14-15(2)12-29)13-32-24-21(16(3)23(40-24)34-30-9-10-31-34)22(35)33(26(32)38)27(4,5)25(36)37/h7-11,15,20H,6,13-14H2,1-5H3,(H,36,37)/t15?,20-/m0/s1. The maximum atomic E-state index is 14.5. The van der Waals surface area contributed by atoms with Crippen LogP contribution in [0.15, 0.2) is 40.2 Å². The Morgan fingerprint density at radius 1 is 1.27 bits per heavy atom. The summed E-state index contributed by atoms with van der Waals surface area (Å²) >= 11 is 1.10. The molecule has 0 bridgehead atoms. The van der Waals surface area contributed by atoms with Crippen molar-refractivity contribution in [1.29, 1.82) is 5.26 Å². The van der Waals surface area contributed by atoms with Crippen molar-refractivity contribution in [3.63, 3.8) is 0 Å². The van der Waals surface area contributed by atoms with Gasteiger partial charge in [0.2, 0.25) is 0 Å². The van der Waals surface area contributed by atoms with Crippen LogP contribution in [0.4, 0.5) is 4.39 Å². The van der Waals surface area contributed by atoms with E-state index in [1.165, 1.54) is 47.7 Å². The highest BCUT2D eigenvalue weighted by Crippen LogP contribution is 2.33. The molecule has 40 heavy (non-hydrogen) atoms. The number of hydrogen-bond donors (Lipinski definition) is 1. The van der Waals surface area contributed by atoms with Crippen molar-refractivity contribution in [1.82, 2.24) is 24.1 Å². The van der Waals surface area contributed by atoms with Gasteiger partial charge in [-0.25, -0.2) is 18.5 Å². The molecule has 1 N–H and O–H groups in total. The number of hydrogen-bond acceptors (Lipinski definition) is 8. The first-order valence-electron chi connectivity index (χ1n) is 12.6. The fourth-order valence-corrected chi connectivity index (χ4v) is 5.71. The first-order valence-corrected chi connectivity index (χ1v) is 13.4. The van der Waals surface area contributed by atoms with Gasteiger partial charge in [0.05, 0.1) is 42.9 Å². The van der Waals surface area contributed by atoms with E-state index in [-0.39, 0.29) is 23.4 Å². The van der Waals surface area contributed by atoms with Crippen molar-refractivity contribution in [3.8, 4) is 11.1 Å². The van der Waals surface area contributed by atoms with Gasteiger partial charge in [0.25, 0.3) is 5.56 Å². The highest BCUT2D eigenvalue weighted by atomic mass is 32.1. The predicted octanol–water partition coefficient (Wildman–Crippen LogP) is 3.55. The van der Waals surface area contributed by atoms with Gasteiger partial charge in [-0.3, -0.25) is 9.36 Å². The number of rotatable bonds is 10. The second-order valence-electron chi connectivity index (χ2n) is 9.98. The molecular formula is C27H29FN6O5S. The lowest BCUT2D eigenvalue weighted by Gasteiger charge is -2.26. The lowest BCUT2D eigenvalue weighted by atomic mass is 9.99. The first-order chi connectivity index (χ1) is 18.9. The van der Waals surface area contributed by atoms with Crippen molar-refractivity contribution in [2.75, 3.05) is 6.61 Å². The highest BCUT2D eigenvalue weighted by Gasteiger charge is 2.36. The lowest BCUT2D eigenvalue weighted by molar-refractivity contribution is -0.146. The Balaban J connectivity index is 2.04. The largest absolute Gasteiger partial charge is 0.480 e. The fraction of sp³-hybridized carbons (Fsp3) is 0.407. The summed E-state index contributed by atoms with van der Waals surface area (Å²) in [6.45, 7) is 7.63. The number of aromatic nitrogens is 5. The summed E-state index contributed by atoms with van der Waals surface area (Å²) in [6.07, 6.45) is 2.60. The predicted molar refractivity (Wildman–Crippen MR) is 146 cm³/mol. The van der Waals surface area contributed by atoms with E-state index >= 15 is 0 Å². The van der Waals surface area contributed by atoms with Crippen LogP contribution in [0.2, 0.25) is 0 Å². The maximum Gasteiger partial charge on any atom is 0.333 e. The number of aliphatic carboxylic acids is 1. The molecule has 0 spiro atoms. The summed E-state index contributed by atoms with van der Waals surface area (Å²) < 4.78 is 22.6. The molecule has 0 aliphatic rings. The smallest absolute Gasteiger partial charge is 0.333 e. The number of benzene rings is 1. The monoisotopic (exact) mass is 568 g/mol. The van der Waals surface area contributed by atoms with Gasteiger partial charge in [0.1, 0.15) is 27.3 Å². The number of fused-ring (bicyclic) bond motifs is 1. The van der Waals surface area contributed by atoms with E-state index in [4.69, 9.17) is 4.74 Å². The van der Waals surface area contributed by atoms with Crippen LogP contribution in [0.5, 0.6) is 0 Å². The summed E-state index contributed by atoms with van der Waals surface area (Å²) in [6, 6.07) is 6.40. The molecule has 0 radical (unpaired) electrons. The van der Waals surface area contributed by atoms with Gasteiger partial charge in [-0.15, -0.1) is 4.80 Å². The molecule has 0 saturated heterocycles. The van der Waals surface area contributed by atoms with Gasteiger partial charge in [-0.1, -0.05) is 24.3 Å². The molecule has 0 fully saturated rings. The van der Waals surface area contributed by atoms with E-state index in [9.17, 15) is 29.1 Å². The number of nitriles is 1. The van der Waals surface area contributed by atoms with Crippen molar-refractivity contribution in [3.05, 3.63) is 73.9 Å². The molecule has 11 nitrogen and oxygen atoms in total. The zero-order chi connectivity index (χ0) is 29.4. The Labute approximate surface area is 232 Å². The topological polar surface area (TPSA) is 145 Å². The van der Waals surface area contributed by atoms with Crippen LogP contribution in [0.3, 0.4) is 0 Å². The van der Waals surface area contributed by atoms with Crippen molar-refractivity contribution in [2.45, 2.75) is 59.2 Å². The second-order valence-corrected chi connectivity index (χ2v) is 11.0. The van der Waals surface area contributed by atoms with E-state index in [1.54, 1.807) is 19.9 Å². The number of nitrogens with zero attached hydrogens (tertiary/aromatic N) is 6. The molecule has 4 rings (SSSR count). The summed E-state index contributed by atoms with van der Waals surface area (Å²) in [7, 11) is 0. The molecule has 1 aromatic carbocycles. The molecule has 0 aliphatic carbocycles. The molecule has 2 atom stereocenters. The minimum atomic E-state index is -1.89. The van der Waals surface area contributed by atoms with Gasteiger partial charge >= 0.3 is 11.7 Å². The average molecular weight is 569 g/mol. The van der Waals surface area contributed by atoms with Gasteiger partial charge in [0, 0.05) is 5.56 Å². The normalized spacial score (nSPS) is 13.3. The number of aryl methyl sites for hydroxylation is 2. The van der Waals surface area contributed by atoms with E-state index in [2.05, 4.69) is 16.3 Å². The van der Waals surface area contributed by atoms with Crippen LogP contribution in [-0.4, -0.2) is 41.8 Å². The molecule has 0 amide bonds. The Bertz CT molecular complexity index is 1730. The van der Waals surface area contributed by atoms with Crippen LogP contribution in [0.1, 0.15) is 50.5 Å². The summed E-state index contributed by atoms with van der Waals surface area (Å²) in [5, 5.41) is 28.2. The molecule has 0 aliphatic heterocycles. The Hall–Kier alpha value is -4.15. The number of carbonyl (C=O) groups is 1. The molecule has 0 saturated carbocycles. The third-order valence-electron chi connectivity index (χ3n) is 6.82. The fourth-order valence-electron chi connectivity index (χ4n) is 4.49. The van der Waals surface area contributed by atoms with Gasteiger partial charge < -0.3 is 9.84 Å². The lowest BCUT2D eigenvalue weighted by Crippen LogP contribution is -2.52. The van der Waals surface area contributed by atoms with Crippen LogP contribution < -0.4 is 11.2 Å². The number of thiophene rings is 1. The van der Waals surface area contributed by atoms with Gasteiger partial charge in [-0.05, 0) is 57.4 Å². The number of ether oxygens (including phenoxy) is 1. The number of halogens is 1. The van der Waals surface area contributed by atoms with E-state index in [0.717, 1.165) is 21.5 Å². The molecule has 3 aromatic heterocycles. The molecule has 1 unspecified atom stereocenters. The number of carboxylic acids is 1. The molecular weight excluding hydrogens is 539 g/mol. The minimum Gasteiger partial charge on any atom is -0.480 e. The average Bonchev–Trinajstić information content (AvgIpc) is 3.56. The molecule has 3 heterocycles.